The van der Waals surface area contributed by atoms with Crippen LogP contribution in [0.5, 0.6) is 17.2 Å². The number of benzene rings is 2. The maximum absolute atomic E-state index is 11.4. The normalized spacial score (nSPS) is 10.8. The third kappa shape index (κ3) is 3.12. The van der Waals surface area contributed by atoms with Gasteiger partial charge in [0.05, 0.1) is 18.3 Å². The Hall–Kier alpha value is -3.48. The van der Waals surface area contributed by atoms with Gasteiger partial charge in [-0.1, -0.05) is 6.07 Å². The van der Waals surface area contributed by atoms with Gasteiger partial charge in [0.1, 0.15) is 11.4 Å². The number of pyridine rings is 1. The zero-order valence-electron chi connectivity index (χ0n) is 13.4. The monoisotopic (exact) mass is 340 g/mol. The SMILES string of the molecule is COc1cc2c(Cc3ccc(O)c(O)c3)cc(C(=O)O)nc2cc1N. The van der Waals surface area contributed by atoms with Crippen molar-refractivity contribution in [3.05, 3.63) is 53.2 Å². The lowest BCUT2D eigenvalue weighted by atomic mass is 9.99. The molecule has 3 rings (SSSR count). The predicted molar refractivity (Wildman–Crippen MR) is 92.2 cm³/mol. The Kier molecular flexibility index (Phi) is 4.06. The Morgan fingerprint density at radius 1 is 1.16 bits per heavy atom. The predicted octanol–water partition coefficient (Wildman–Crippen LogP) is 2.53. The molecule has 2 aromatic carbocycles. The highest BCUT2D eigenvalue weighted by Crippen LogP contribution is 2.32. The average molecular weight is 340 g/mol. The largest absolute Gasteiger partial charge is 0.504 e. The molecular weight excluding hydrogens is 324 g/mol. The minimum absolute atomic E-state index is 0.102. The molecule has 0 bridgehead atoms. The Morgan fingerprint density at radius 2 is 1.92 bits per heavy atom. The number of phenols is 2. The molecule has 0 radical (unpaired) electrons. The maximum atomic E-state index is 11.4. The number of ether oxygens (including phenoxy) is 1. The summed E-state index contributed by atoms with van der Waals surface area (Å²) in [6, 6.07) is 9.21. The van der Waals surface area contributed by atoms with Crippen LogP contribution in [0.4, 0.5) is 5.69 Å². The summed E-state index contributed by atoms with van der Waals surface area (Å²) in [7, 11) is 1.49. The molecule has 0 saturated heterocycles. The standard InChI is InChI=1S/C18H16N2O5/c1-25-17-7-11-10(4-9-2-3-15(21)16(22)5-9)6-14(18(23)24)20-13(11)8-12(17)19/h2-3,5-8,21-22H,4,19H2,1H3,(H,23,24). The minimum atomic E-state index is -1.15. The first-order valence-electron chi connectivity index (χ1n) is 7.40. The van der Waals surface area contributed by atoms with E-state index in [0.29, 0.717) is 39.9 Å². The van der Waals surface area contributed by atoms with Gasteiger partial charge in [-0.25, -0.2) is 9.78 Å². The van der Waals surface area contributed by atoms with E-state index >= 15 is 0 Å². The minimum Gasteiger partial charge on any atom is -0.504 e. The zero-order chi connectivity index (χ0) is 18.1. The van der Waals surface area contributed by atoms with Crippen molar-refractivity contribution in [2.45, 2.75) is 6.42 Å². The zero-order valence-corrected chi connectivity index (χ0v) is 13.4. The number of rotatable bonds is 4. The number of carboxylic acid groups (broad SMARTS) is 1. The van der Waals surface area contributed by atoms with E-state index in [2.05, 4.69) is 4.98 Å². The van der Waals surface area contributed by atoms with Gasteiger partial charge >= 0.3 is 5.97 Å². The van der Waals surface area contributed by atoms with Crippen molar-refractivity contribution >= 4 is 22.6 Å². The number of nitrogen functional groups attached to an aromatic ring is 1. The number of anilines is 1. The number of aromatic nitrogens is 1. The molecule has 1 heterocycles. The second-order valence-corrected chi connectivity index (χ2v) is 5.58. The Labute approximate surface area is 142 Å². The van der Waals surface area contributed by atoms with Gasteiger partial charge < -0.3 is 25.8 Å². The van der Waals surface area contributed by atoms with Gasteiger partial charge in [-0.2, -0.15) is 0 Å². The van der Waals surface area contributed by atoms with Crippen LogP contribution in [0, 0.1) is 0 Å². The van der Waals surface area contributed by atoms with E-state index in [1.165, 1.54) is 25.3 Å². The van der Waals surface area contributed by atoms with Crippen molar-refractivity contribution in [3.8, 4) is 17.2 Å². The molecule has 1 aromatic heterocycles. The van der Waals surface area contributed by atoms with E-state index in [1.807, 2.05) is 0 Å². The van der Waals surface area contributed by atoms with Crippen LogP contribution in [0.2, 0.25) is 0 Å². The number of hydrogen-bond donors (Lipinski definition) is 4. The van der Waals surface area contributed by atoms with Crippen molar-refractivity contribution in [3.63, 3.8) is 0 Å². The average Bonchev–Trinajstić information content (AvgIpc) is 2.57. The second kappa shape index (κ2) is 6.20. The van der Waals surface area contributed by atoms with Crippen LogP contribution in [0.3, 0.4) is 0 Å². The van der Waals surface area contributed by atoms with Crippen LogP contribution in [-0.2, 0) is 6.42 Å². The molecule has 0 aliphatic heterocycles. The van der Waals surface area contributed by atoms with Gasteiger partial charge in [0.15, 0.2) is 11.5 Å². The van der Waals surface area contributed by atoms with Crippen LogP contribution in [0.1, 0.15) is 21.6 Å². The van der Waals surface area contributed by atoms with Gasteiger partial charge in [-0.15, -0.1) is 0 Å². The van der Waals surface area contributed by atoms with Crippen molar-refractivity contribution < 1.29 is 24.9 Å². The number of nitrogens with zero attached hydrogens (tertiary/aromatic N) is 1. The quantitative estimate of drug-likeness (QED) is 0.424. The van der Waals surface area contributed by atoms with Gasteiger partial charge in [0.25, 0.3) is 0 Å². The van der Waals surface area contributed by atoms with Crippen LogP contribution in [0.15, 0.2) is 36.4 Å². The first-order chi connectivity index (χ1) is 11.9. The molecule has 0 aliphatic carbocycles. The molecule has 5 N–H and O–H groups in total. The number of aromatic hydroxyl groups is 2. The van der Waals surface area contributed by atoms with Gasteiger partial charge in [-0.05, 0) is 47.9 Å². The number of carbonyl (C=O) groups is 1. The number of phenolic OH excluding ortho intramolecular Hbond substituents is 2. The lowest BCUT2D eigenvalue weighted by Crippen LogP contribution is -2.04. The summed E-state index contributed by atoms with van der Waals surface area (Å²) in [6.45, 7) is 0. The summed E-state index contributed by atoms with van der Waals surface area (Å²) < 4.78 is 5.23. The van der Waals surface area contributed by atoms with E-state index in [9.17, 15) is 20.1 Å². The molecule has 0 saturated carbocycles. The van der Waals surface area contributed by atoms with Crippen molar-refractivity contribution in [2.24, 2.45) is 0 Å². The van der Waals surface area contributed by atoms with Gasteiger partial charge in [-0.3, -0.25) is 0 Å². The molecule has 0 atom stereocenters. The number of fused-ring (bicyclic) bond motifs is 1. The van der Waals surface area contributed by atoms with Gasteiger partial charge in [0, 0.05) is 5.39 Å². The van der Waals surface area contributed by atoms with Crippen molar-refractivity contribution in [2.75, 3.05) is 12.8 Å². The third-order valence-corrected chi connectivity index (χ3v) is 3.90. The second-order valence-electron chi connectivity index (χ2n) is 5.58. The van der Waals surface area contributed by atoms with Gasteiger partial charge in [0.2, 0.25) is 0 Å². The fourth-order valence-electron chi connectivity index (χ4n) is 2.67. The lowest BCUT2D eigenvalue weighted by molar-refractivity contribution is 0.0691. The highest BCUT2D eigenvalue weighted by atomic mass is 16.5. The van der Waals surface area contributed by atoms with E-state index in [-0.39, 0.29) is 17.2 Å². The molecule has 0 fully saturated rings. The fourth-order valence-corrected chi connectivity index (χ4v) is 2.67. The van der Waals surface area contributed by atoms with Crippen molar-refractivity contribution in [1.29, 1.82) is 0 Å². The van der Waals surface area contributed by atoms with Crippen LogP contribution in [0.25, 0.3) is 10.9 Å². The summed E-state index contributed by atoms with van der Waals surface area (Å²) in [6.07, 6.45) is 0.334. The van der Waals surface area contributed by atoms with E-state index in [4.69, 9.17) is 10.5 Å². The van der Waals surface area contributed by atoms with Crippen molar-refractivity contribution in [1.82, 2.24) is 4.98 Å². The molecule has 25 heavy (non-hydrogen) atoms. The molecular formula is C18H16N2O5. The first kappa shape index (κ1) is 16.4. The molecule has 0 aliphatic rings. The Balaban J connectivity index is 2.19. The molecule has 7 heteroatoms. The number of hydrogen-bond acceptors (Lipinski definition) is 6. The third-order valence-electron chi connectivity index (χ3n) is 3.90. The number of nitrogens with two attached hydrogens (primary N) is 1. The molecule has 0 spiro atoms. The maximum Gasteiger partial charge on any atom is 0.354 e. The number of aromatic carboxylic acids is 1. The summed E-state index contributed by atoms with van der Waals surface area (Å²) in [5, 5.41) is 29.1. The molecule has 0 unspecified atom stereocenters. The van der Waals surface area contributed by atoms with Crippen LogP contribution in [-0.4, -0.2) is 33.4 Å². The van der Waals surface area contributed by atoms with Crippen LogP contribution < -0.4 is 10.5 Å². The highest BCUT2D eigenvalue weighted by Gasteiger charge is 2.14. The highest BCUT2D eigenvalue weighted by molar-refractivity contribution is 5.94. The number of carboxylic acids is 1. The van der Waals surface area contributed by atoms with Crippen LogP contribution >= 0.6 is 0 Å². The fraction of sp³-hybridized carbons (Fsp3) is 0.111. The summed E-state index contributed by atoms with van der Waals surface area (Å²) >= 11 is 0. The Bertz CT molecular complexity index is 985. The van der Waals surface area contributed by atoms with E-state index in [0.717, 1.165) is 0 Å². The Morgan fingerprint density at radius 3 is 2.56 bits per heavy atom. The summed E-state index contributed by atoms with van der Waals surface area (Å²) in [4.78, 5) is 15.5. The summed E-state index contributed by atoms with van der Waals surface area (Å²) in [5.74, 6) is -1.14. The molecule has 0 amide bonds. The molecule has 3 aromatic rings. The topological polar surface area (TPSA) is 126 Å². The smallest absolute Gasteiger partial charge is 0.354 e. The first-order valence-corrected chi connectivity index (χ1v) is 7.40. The summed E-state index contributed by atoms with van der Waals surface area (Å²) in [5.41, 5.74) is 7.98. The lowest BCUT2D eigenvalue weighted by Gasteiger charge is -2.12. The van der Waals surface area contributed by atoms with E-state index < -0.39 is 5.97 Å². The number of methoxy groups -OCH3 is 1. The van der Waals surface area contributed by atoms with E-state index in [1.54, 1.807) is 18.2 Å². The molecule has 128 valence electrons. The molecule has 7 nitrogen and oxygen atoms in total.